The fraction of sp³-hybridized carbons (Fsp3) is 0.633. The second-order valence-electron chi connectivity index (χ2n) is 11.2. The van der Waals surface area contributed by atoms with Gasteiger partial charge in [-0.2, -0.15) is 0 Å². The highest BCUT2D eigenvalue weighted by Crippen LogP contribution is 2.30. The smallest absolute Gasteiger partial charge is 0.272 e. The summed E-state index contributed by atoms with van der Waals surface area (Å²) in [5.41, 5.74) is 1.30. The zero-order valence-corrected chi connectivity index (χ0v) is 23.4. The van der Waals surface area contributed by atoms with E-state index in [4.69, 9.17) is 21.7 Å². The number of carbonyl (C=O) groups is 2. The van der Waals surface area contributed by atoms with E-state index in [9.17, 15) is 19.1 Å². The van der Waals surface area contributed by atoms with E-state index in [2.05, 4.69) is 5.32 Å². The lowest BCUT2D eigenvalue weighted by Crippen LogP contribution is -2.49. The monoisotopic (exact) mass is 561 g/mol. The first kappa shape index (κ1) is 29.5. The number of piperidine rings is 1. The number of ketones is 1. The van der Waals surface area contributed by atoms with Gasteiger partial charge in [0.05, 0.1) is 25.3 Å². The summed E-state index contributed by atoms with van der Waals surface area (Å²) >= 11 is 6.08. The molecule has 0 bridgehead atoms. The summed E-state index contributed by atoms with van der Waals surface area (Å²) in [5.74, 6) is 0.934. The Labute approximate surface area is 235 Å². The van der Waals surface area contributed by atoms with Crippen LogP contribution in [0, 0.1) is 11.3 Å². The van der Waals surface area contributed by atoms with Gasteiger partial charge in [-0.25, -0.2) is 4.39 Å². The van der Waals surface area contributed by atoms with Crippen molar-refractivity contribution in [2.75, 3.05) is 19.6 Å². The number of ether oxygens (including phenoxy) is 1. The third-order valence-corrected chi connectivity index (χ3v) is 8.48. The van der Waals surface area contributed by atoms with Crippen LogP contribution in [0.15, 0.2) is 35.5 Å². The molecule has 1 saturated carbocycles. The van der Waals surface area contributed by atoms with Crippen LogP contribution in [0.4, 0.5) is 4.39 Å². The van der Waals surface area contributed by atoms with Gasteiger partial charge in [0.1, 0.15) is 17.6 Å². The van der Waals surface area contributed by atoms with Crippen LogP contribution < -0.4 is 10.1 Å². The van der Waals surface area contributed by atoms with Gasteiger partial charge >= 0.3 is 0 Å². The molecule has 7 nitrogen and oxygen atoms in total. The number of alkyl halides is 1. The second-order valence-corrected chi connectivity index (χ2v) is 11.6. The van der Waals surface area contributed by atoms with Crippen LogP contribution in [-0.4, -0.2) is 65.4 Å². The molecule has 3 N–H and O–H groups in total. The average molecular weight is 562 g/mol. The Kier molecular flexibility index (Phi) is 10.8. The molecule has 4 atom stereocenters. The van der Waals surface area contributed by atoms with E-state index in [1.54, 1.807) is 0 Å². The Bertz CT molecular complexity index is 1060. The quantitative estimate of drug-likeness (QED) is 0.263. The number of Topliss-reactive ketones (excluding diaryl/α,β-unsaturated/α-hetero) is 1. The van der Waals surface area contributed by atoms with E-state index in [0.29, 0.717) is 35.8 Å². The number of aliphatic hydroxyl groups excluding tert-OH is 1. The van der Waals surface area contributed by atoms with Gasteiger partial charge in [0.15, 0.2) is 5.78 Å². The number of allylic oxidation sites excluding steroid dienone is 1. The van der Waals surface area contributed by atoms with Crippen LogP contribution >= 0.6 is 11.6 Å². The Morgan fingerprint density at radius 2 is 1.95 bits per heavy atom. The molecule has 9 heteroatoms. The highest BCUT2D eigenvalue weighted by molar-refractivity contribution is 6.44. The molecule has 2 fully saturated rings. The normalized spacial score (nSPS) is 26.1. The van der Waals surface area contributed by atoms with Gasteiger partial charge in [0.2, 0.25) is 0 Å². The molecule has 0 aromatic heterocycles. The number of halogens is 2. The lowest BCUT2D eigenvalue weighted by Gasteiger charge is -2.33. The van der Waals surface area contributed by atoms with Crippen molar-refractivity contribution in [1.82, 2.24) is 10.2 Å². The predicted molar refractivity (Wildman–Crippen MR) is 150 cm³/mol. The predicted octanol–water partition coefficient (Wildman–Crippen LogP) is 5.39. The van der Waals surface area contributed by atoms with E-state index in [0.717, 1.165) is 62.8 Å². The van der Waals surface area contributed by atoms with Gasteiger partial charge < -0.3 is 20.1 Å². The summed E-state index contributed by atoms with van der Waals surface area (Å²) in [6.45, 7) is 0.244. The number of likely N-dealkylation sites (tertiary alicyclic amines) is 1. The van der Waals surface area contributed by atoms with Gasteiger partial charge in [-0.1, -0.05) is 24.1 Å². The fourth-order valence-corrected chi connectivity index (χ4v) is 6.06. The molecule has 39 heavy (non-hydrogen) atoms. The maximum atomic E-state index is 13.9. The first-order valence-electron chi connectivity index (χ1n) is 14.4. The third kappa shape index (κ3) is 8.52. The second kappa shape index (κ2) is 14.3. The Balaban J connectivity index is 1.23. The molecule has 0 spiro atoms. The molecule has 2 unspecified atom stereocenters. The summed E-state index contributed by atoms with van der Waals surface area (Å²) in [6.07, 6.45) is 7.45. The van der Waals surface area contributed by atoms with Crippen LogP contribution in [0.1, 0.15) is 77.0 Å². The van der Waals surface area contributed by atoms with Crippen LogP contribution in [0.5, 0.6) is 5.75 Å². The fourth-order valence-electron chi connectivity index (χ4n) is 5.88. The van der Waals surface area contributed by atoms with E-state index in [-0.39, 0.29) is 43.7 Å². The molecule has 1 amide bonds. The largest absolute Gasteiger partial charge is 0.490 e. The molecule has 1 heterocycles. The standard InChI is InChI=1S/C30H41ClFN3O4/c31-21-6-4-8-24(17-21)39-23-7-3-5-20(12-14-23)11-13-22(36)18-34-27-10-2-1-9-25(27)29(33)30(38)35-16-15-28(37)26(32)19-35/h4,6,8,17,20,23,26,28,33-34,37H,1-3,5,7,9-16,18-19H2/t20?,23?,26-,28-/m0/s1. The zero-order valence-electron chi connectivity index (χ0n) is 22.6. The number of amides is 1. The van der Waals surface area contributed by atoms with Gasteiger partial charge in [-0.15, -0.1) is 0 Å². The third-order valence-electron chi connectivity index (χ3n) is 8.24. The SMILES string of the molecule is N=C(C(=O)N1CC[C@H](O)[C@@H](F)C1)C1=C(NCC(=O)CCC2CCCC(Oc3cccc(Cl)c3)CC2)CCCC1. The first-order chi connectivity index (χ1) is 18.8. The molecule has 3 aliphatic rings. The molecule has 214 valence electrons. The Morgan fingerprint density at radius 1 is 1.13 bits per heavy atom. The van der Waals surface area contributed by atoms with Crippen molar-refractivity contribution >= 4 is 29.0 Å². The van der Waals surface area contributed by atoms with Crippen LogP contribution in [0.25, 0.3) is 0 Å². The maximum Gasteiger partial charge on any atom is 0.272 e. The highest BCUT2D eigenvalue weighted by Gasteiger charge is 2.33. The Morgan fingerprint density at radius 3 is 2.74 bits per heavy atom. The molecule has 2 aliphatic carbocycles. The number of nitrogens with one attached hydrogen (secondary N) is 2. The van der Waals surface area contributed by atoms with Crippen molar-refractivity contribution in [3.05, 3.63) is 40.6 Å². The molecule has 1 aromatic carbocycles. The molecular formula is C30H41ClFN3O4. The van der Waals surface area contributed by atoms with Crippen molar-refractivity contribution < 1.29 is 23.8 Å². The van der Waals surface area contributed by atoms with Crippen molar-refractivity contribution in [3.8, 4) is 5.75 Å². The van der Waals surface area contributed by atoms with Crippen molar-refractivity contribution in [2.24, 2.45) is 5.92 Å². The Hall–Kier alpha value is -2.45. The molecule has 4 rings (SSSR count). The van der Waals surface area contributed by atoms with Crippen LogP contribution in [0.3, 0.4) is 0 Å². The van der Waals surface area contributed by atoms with E-state index >= 15 is 0 Å². The van der Waals surface area contributed by atoms with E-state index in [1.165, 1.54) is 4.90 Å². The van der Waals surface area contributed by atoms with Gasteiger partial charge in [-0.3, -0.25) is 15.0 Å². The average Bonchev–Trinajstić information content (AvgIpc) is 3.16. The topological polar surface area (TPSA) is 103 Å². The lowest BCUT2D eigenvalue weighted by molar-refractivity contribution is -0.128. The summed E-state index contributed by atoms with van der Waals surface area (Å²) in [7, 11) is 0. The van der Waals surface area contributed by atoms with Crippen LogP contribution in [0.2, 0.25) is 5.02 Å². The number of nitrogens with zero attached hydrogens (tertiary/aromatic N) is 1. The van der Waals surface area contributed by atoms with E-state index in [1.807, 2.05) is 24.3 Å². The highest BCUT2D eigenvalue weighted by atomic mass is 35.5. The molecule has 0 radical (unpaired) electrons. The zero-order chi connectivity index (χ0) is 27.8. The summed E-state index contributed by atoms with van der Waals surface area (Å²) in [4.78, 5) is 27.0. The first-order valence-corrected chi connectivity index (χ1v) is 14.8. The van der Waals surface area contributed by atoms with Crippen molar-refractivity contribution in [3.63, 3.8) is 0 Å². The molecule has 1 aliphatic heterocycles. The van der Waals surface area contributed by atoms with Crippen LogP contribution in [-0.2, 0) is 9.59 Å². The number of hydrogen-bond donors (Lipinski definition) is 3. The van der Waals surface area contributed by atoms with Gasteiger partial charge in [-0.05, 0) is 88.3 Å². The number of carbonyl (C=O) groups excluding carboxylic acids is 2. The molecule has 1 saturated heterocycles. The minimum absolute atomic E-state index is 0.124. The van der Waals surface area contributed by atoms with Gasteiger partial charge in [0, 0.05) is 29.3 Å². The minimum Gasteiger partial charge on any atom is -0.490 e. The van der Waals surface area contributed by atoms with Crippen molar-refractivity contribution in [1.29, 1.82) is 5.41 Å². The molecule has 1 aromatic rings. The van der Waals surface area contributed by atoms with E-state index < -0.39 is 18.2 Å². The minimum atomic E-state index is -1.49. The number of rotatable bonds is 10. The summed E-state index contributed by atoms with van der Waals surface area (Å²) in [6, 6.07) is 7.51. The summed E-state index contributed by atoms with van der Waals surface area (Å²) in [5, 5.41) is 22.0. The number of hydrogen-bond acceptors (Lipinski definition) is 6. The number of aliphatic hydroxyl groups is 1. The molecular weight excluding hydrogens is 521 g/mol. The maximum absolute atomic E-state index is 13.9. The van der Waals surface area contributed by atoms with Gasteiger partial charge in [0.25, 0.3) is 5.91 Å². The van der Waals surface area contributed by atoms with Crippen molar-refractivity contribution in [2.45, 2.75) is 95.4 Å². The lowest BCUT2D eigenvalue weighted by atomic mass is 9.91. The number of benzene rings is 1. The summed E-state index contributed by atoms with van der Waals surface area (Å²) < 4.78 is 20.1.